The second-order valence-electron chi connectivity index (χ2n) is 9.68. The minimum Gasteiger partial charge on any atom is -0.491 e. The molecule has 1 amide bonds. The van der Waals surface area contributed by atoms with Crippen molar-refractivity contribution < 1.29 is 19.0 Å². The van der Waals surface area contributed by atoms with E-state index in [-0.39, 0.29) is 11.8 Å². The molecule has 0 spiro atoms. The first-order valence-electron chi connectivity index (χ1n) is 12.5. The molecule has 0 atom stereocenters. The number of carbonyl (C=O) groups is 1. The van der Waals surface area contributed by atoms with Crippen molar-refractivity contribution in [2.24, 2.45) is 11.8 Å². The molecule has 0 unspecified atom stereocenters. The average molecular weight is 467 g/mol. The summed E-state index contributed by atoms with van der Waals surface area (Å²) in [4.78, 5) is 23.8. The van der Waals surface area contributed by atoms with Crippen LogP contribution in [0.1, 0.15) is 50.5 Å². The standard InChI is InChI=1S/C26H34N4O4/c1-17-23(34-21-14-27-26(28-15-21)30-12-10-20(32-2)11-13-30)9-8-22(24(17)33-16-18-6-7-18)29-25(31)19-4-3-5-19/h8-9,14-15,18-20H,3-7,10-13,16H2,1-2H3,(H,29,31). The monoisotopic (exact) mass is 466 g/mol. The van der Waals surface area contributed by atoms with Crippen LogP contribution in [-0.2, 0) is 9.53 Å². The van der Waals surface area contributed by atoms with Gasteiger partial charge >= 0.3 is 0 Å². The van der Waals surface area contributed by atoms with Gasteiger partial charge in [-0.1, -0.05) is 6.42 Å². The van der Waals surface area contributed by atoms with Crippen LogP contribution in [0.3, 0.4) is 0 Å². The molecule has 34 heavy (non-hydrogen) atoms. The second-order valence-corrected chi connectivity index (χ2v) is 9.68. The number of rotatable bonds is 9. The van der Waals surface area contributed by atoms with E-state index in [1.54, 1.807) is 19.5 Å². The molecule has 0 bridgehead atoms. The maximum Gasteiger partial charge on any atom is 0.227 e. The van der Waals surface area contributed by atoms with Crippen LogP contribution in [0.2, 0.25) is 0 Å². The number of ether oxygens (including phenoxy) is 3. The number of benzene rings is 1. The predicted molar refractivity (Wildman–Crippen MR) is 130 cm³/mol. The molecule has 8 heteroatoms. The molecule has 1 aliphatic heterocycles. The number of hydrogen-bond acceptors (Lipinski definition) is 7. The molecule has 2 heterocycles. The van der Waals surface area contributed by atoms with Gasteiger partial charge in [0.2, 0.25) is 11.9 Å². The van der Waals surface area contributed by atoms with Crippen molar-refractivity contribution in [3.05, 3.63) is 30.1 Å². The van der Waals surface area contributed by atoms with Gasteiger partial charge in [-0.2, -0.15) is 0 Å². The lowest BCUT2D eigenvalue weighted by atomic mass is 9.85. The van der Waals surface area contributed by atoms with Crippen molar-refractivity contribution in [2.75, 3.05) is 37.0 Å². The van der Waals surface area contributed by atoms with Gasteiger partial charge in [0.25, 0.3) is 0 Å². The molecule has 2 aliphatic carbocycles. The van der Waals surface area contributed by atoms with Crippen LogP contribution in [0.5, 0.6) is 17.2 Å². The Kier molecular flexibility index (Phi) is 6.85. The number of amides is 1. The smallest absolute Gasteiger partial charge is 0.227 e. The minimum absolute atomic E-state index is 0.0779. The first kappa shape index (κ1) is 22.9. The summed E-state index contributed by atoms with van der Waals surface area (Å²) >= 11 is 0. The quantitative estimate of drug-likeness (QED) is 0.572. The molecule has 2 aromatic rings. The van der Waals surface area contributed by atoms with Crippen LogP contribution in [0.25, 0.3) is 0 Å². The maximum atomic E-state index is 12.6. The summed E-state index contributed by atoms with van der Waals surface area (Å²) < 4.78 is 17.8. The molecule has 0 radical (unpaired) electrons. The number of anilines is 2. The zero-order chi connectivity index (χ0) is 23.5. The second kappa shape index (κ2) is 10.2. The Morgan fingerprint density at radius 1 is 1.09 bits per heavy atom. The highest BCUT2D eigenvalue weighted by Gasteiger charge is 2.28. The summed E-state index contributed by atoms with van der Waals surface area (Å²) in [6.45, 7) is 4.39. The number of methoxy groups -OCH3 is 1. The van der Waals surface area contributed by atoms with E-state index in [1.165, 1.54) is 12.8 Å². The van der Waals surface area contributed by atoms with E-state index in [1.807, 2.05) is 19.1 Å². The number of piperidine rings is 1. The summed E-state index contributed by atoms with van der Waals surface area (Å²) in [7, 11) is 1.77. The summed E-state index contributed by atoms with van der Waals surface area (Å²) in [6, 6.07) is 3.75. The average Bonchev–Trinajstić information content (AvgIpc) is 3.64. The molecular formula is C26H34N4O4. The Hall–Kier alpha value is -2.87. The van der Waals surface area contributed by atoms with E-state index in [0.29, 0.717) is 47.5 Å². The third-order valence-corrected chi connectivity index (χ3v) is 7.15. The van der Waals surface area contributed by atoms with Crippen molar-refractivity contribution in [3.8, 4) is 17.2 Å². The summed E-state index contributed by atoms with van der Waals surface area (Å²) in [5.74, 6) is 3.44. The maximum absolute atomic E-state index is 12.6. The lowest BCUT2D eigenvalue weighted by molar-refractivity contribution is -0.122. The van der Waals surface area contributed by atoms with Crippen LogP contribution in [0.4, 0.5) is 11.6 Å². The van der Waals surface area contributed by atoms with Gasteiger partial charge in [0.1, 0.15) is 11.5 Å². The van der Waals surface area contributed by atoms with E-state index in [4.69, 9.17) is 14.2 Å². The summed E-state index contributed by atoms with van der Waals surface area (Å²) in [5.41, 5.74) is 1.58. The molecule has 182 valence electrons. The number of hydrogen-bond donors (Lipinski definition) is 1. The fourth-order valence-corrected chi connectivity index (χ4v) is 4.40. The molecule has 1 saturated heterocycles. The van der Waals surface area contributed by atoms with E-state index < -0.39 is 0 Å². The van der Waals surface area contributed by atoms with Gasteiger partial charge in [-0.25, -0.2) is 9.97 Å². The van der Waals surface area contributed by atoms with Gasteiger partial charge in [-0.15, -0.1) is 0 Å². The Morgan fingerprint density at radius 3 is 2.44 bits per heavy atom. The van der Waals surface area contributed by atoms with Crippen molar-refractivity contribution in [1.82, 2.24) is 9.97 Å². The van der Waals surface area contributed by atoms with Gasteiger partial charge in [0.15, 0.2) is 5.75 Å². The third kappa shape index (κ3) is 5.27. The van der Waals surface area contributed by atoms with Gasteiger partial charge in [-0.05, 0) is 63.5 Å². The molecular weight excluding hydrogens is 432 g/mol. The van der Waals surface area contributed by atoms with Crippen LogP contribution in [-0.4, -0.2) is 48.8 Å². The zero-order valence-electron chi connectivity index (χ0n) is 20.1. The first-order chi connectivity index (χ1) is 16.6. The van der Waals surface area contributed by atoms with Crippen LogP contribution < -0.4 is 19.7 Å². The fraction of sp³-hybridized carbons (Fsp3) is 0.577. The van der Waals surface area contributed by atoms with E-state index in [9.17, 15) is 4.79 Å². The van der Waals surface area contributed by atoms with Crippen LogP contribution >= 0.6 is 0 Å². The van der Waals surface area contributed by atoms with E-state index in [2.05, 4.69) is 20.2 Å². The van der Waals surface area contributed by atoms with Crippen molar-refractivity contribution in [2.45, 2.75) is 58.0 Å². The minimum atomic E-state index is 0.0779. The molecule has 1 aromatic heterocycles. The highest BCUT2D eigenvalue weighted by atomic mass is 16.5. The summed E-state index contributed by atoms with van der Waals surface area (Å²) in [5, 5.41) is 3.08. The fourth-order valence-electron chi connectivity index (χ4n) is 4.40. The molecule has 3 aliphatic rings. The lowest BCUT2D eigenvalue weighted by Gasteiger charge is -2.31. The topological polar surface area (TPSA) is 85.8 Å². The molecule has 1 aromatic carbocycles. The third-order valence-electron chi connectivity index (χ3n) is 7.15. The van der Waals surface area contributed by atoms with Crippen molar-refractivity contribution >= 4 is 17.5 Å². The Morgan fingerprint density at radius 2 is 1.82 bits per heavy atom. The van der Waals surface area contributed by atoms with Gasteiger partial charge in [-0.3, -0.25) is 4.79 Å². The molecule has 2 saturated carbocycles. The van der Waals surface area contributed by atoms with Crippen molar-refractivity contribution in [1.29, 1.82) is 0 Å². The van der Waals surface area contributed by atoms with E-state index in [0.717, 1.165) is 50.8 Å². The zero-order valence-corrected chi connectivity index (χ0v) is 20.1. The highest BCUT2D eigenvalue weighted by molar-refractivity contribution is 5.94. The number of nitrogens with one attached hydrogen (secondary N) is 1. The molecule has 1 N–H and O–H groups in total. The van der Waals surface area contributed by atoms with Gasteiger partial charge in [0.05, 0.1) is 30.8 Å². The first-order valence-corrected chi connectivity index (χ1v) is 12.5. The predicted octanol–water partition coefficient (Wildman–Crippen LogP) is 4.72. The highest BCUT2D eigenvalue weighted by Crippen LogP contribution is 2.40. The van der Waals surface area contributed by atoms with Gasteiger partial charge in [0, 0.05) is 31.7 Å². The summed E-state index contributed by atoms with van der Waals surface area (Å²) in [6.07, 6.45) is 11.1. The van der Waals surface area contributed by atoms with Crippen LogP contribution in [0.15, 0.2) is 24.5 Å². The number of aromatic nitrogens is 2. The number of carbonyl (C=O) groups excluding carboxylic acids is 1. The Bertz CT molecular complexity index is 997. The Balaban J connectivity index is 1.28. The molecule has 8 nitrogen and oxygen atoms in total. The largest absolute Gasteiger partial charge is 0.491 e. The SMILES string of the molecule is COC1CCN(c2ncc(Oc3ccc(NC(=O)C4CCC4)c(OCC4CC4)c3C)cn2)CC1. The molecule has 3 fully saturated rings. The lowest BCUT2D eigenvalue weighted by Crippen LogP contribution is -2.37. The normalized spacial score (nSPS) is 18.9. The molecule has 5 rings (SSSR count). The van der Waals surface area contributed by atoms with Crippen LogP contribution in [0, 0.1) is 18.8 Å². The van der Waals surface area contributed by atoms with Gasteiger partial charge < -0.3 is 24.4 Å². The van der Waals surface area contributed by atoms with E-state index >= 15 is 0 Å². The van der Waals surface area contributed by atoms with Crippen molar-refractivity contribution in [3.63, 3.8) is 0 Å². The number of nitrogens with zero attached hydrogens (tertiary/aromatic N) is 3. The Labute approximate surface area is 201 Å².